The van der Waals surface area contributed by atoms with Crippen molar-refractivity contribution in [2.24, 2.45) is 0 Å². The molecule has 2 N–H and O–H groups in total. The van der Waals surface area contributed by atoms with Crippen molar-refractivity contribution in [3.63, 3.8) is 0 Å². The fourth-order valence-corrected chi connectivity index (χ4v) is 0.770. The van der Waals surface area contributed by atoms with E-state index in [1.807, 2.05) is 0 Å². The minimum absolute atomic E-state index is 0.106. The molecule has 12 heavy (non-hydrogen) atoms. The Morgan fingerprint density at radius 3 is 2.50 bits per heavy atom. The van der Waals surface area contributed by atoms with E-state index >= 15 is 0 Å². The van der Waals surface area contributed by atoms with Gasteiger partial charge in [-0.1, -0.05) is 6.92 Å². The first kappa shape index (κ1) is 11.9. The maximum Gasteiger partial charge on any atom is 0.0897 e. The maximum atomic E-state index is 9.32. The number of rotatable bonds is 6. The molecule has 0 saturated heterocycles. The highest BCUT2D eigenvalue weighted by molar-refractivity contribution is 4.76. The molecule has 1 unspecified atom stereocenters. The summed E-state index contributed by atoms with van der Waals surface area (Å²) >= 11 is 0. The van der Waals surface area contributed by atoms with E-state index in [4.69, 9.17) is 4.74 Å². The van der Waals surface area contributed by atoms with Crippen LogP contribution in [-0.4, -0.2) is 37.0 Å². The topological polar surface area (TPSA) is 41.5 Å². The molecule has 0 rings (SSSR count). The van der Waals surface area contributed by atoms with Gasteiger partial charge in [-0.2, -0.15) is 0 Å². The average Bonchev–Trinajstić information content (AvgIpc) is 2.02. The molecule has 0 saturated carbocycles. The number of aliphatic hydroxyl groups is 1. The Morgan fingerprint density at radius 2 is 2.08 bits per heavy atom. The zero-order chi connectivity index (χ0) is 9.61. The molecule has 0 radical (unpaired) electrons. The number of nitrogens with one attached hydrogen (secondary N) is 1. The van der Waals surface area contributed by atoms with E-state index < -0.39 is 6.10 Å². The summed E-state index contributed by atoms with van der Waals surface area (Å²) in [6, 6.07) is 0. The molecule has 0 aliphatic rings. The van der Waals surface area contributed by atoms with Crippen molar-refractivity contribution in [3.05, 3.63) is 0 Å². The molecule has 0 aromatic carbocycles. The van der Waals surface area contributed by atoms with Gasteiger partial charge in [0.15, 0.2) is 0 Å². The Balaban J connectivity index is 3.52. The van der Waals surface area contributed by atoms with Crippen LogP contribution in [0.1, 0.15) is 27.2 Å². The molecule has 0 heterocycles. The van der Waals surface area contributed by atoms with Gasteiger partial charge in [0.2, 0.25) is 0 Å². The lowest BCUT2D eigenvalue weighted by atomic mass is 10.0. The molecule has 0 aliphatic carbocycles. The van der Waals surface area contributed by atoms with Gasteiger partial charge < -0.3 is 15.2 Å². The van der Waals surface area contributed by atoms with Crippen molar-refractivity contribution in [3.8, 4) is 0 Å². The summed E-state index contributed by atoms with van der Waals surface area (Å²) in [5.74, 6) is 0. The summed E-state index contributed by atoms with van der Waals surface area (Å²) in [4.78, 5) is 0. The minimum Gasteiger partial charge on any atom is -0.389 e. The first-order valence-corrected chi connectivity index (χ1v) is 4.44. The van der Waals surface area contributed by atoms with Gasteiger partial charge in [0.05, 0.1) is 12.7 Å². The Hall–Kier alpha value is -0.120. The number of β-amino-alcohol motifs (C(OH)–C–C–N with tert-alkyl or cyclic N) is 1. The van der Waals surface area contributed by atoms with E-state index in [0.29, 0.717) is 13.2 Å². The average molecular weight is 175 g/mol. The van der Waals surface area contributed by atoms with Gasteiger partial charge >= 0.3 is 0 Å². The lowest BCUT2D eigenvalue weighted by molar-refractivity contribution is 0.0596. The molecule has 0 bridgehead atoms. The second-order valence-corrected chi connectivity index (χ2v) is 3.73. The molecular formula is C9H21NO2. The van der Waals surface area contributed by atoms with Crippen LogP contribution in [0.2, 0.25) is 0 Å². The third kappa shape index (κ3) is 5.52. The van der Waals surface area contributed by atoms with E-state index in [9.17, 15) is 5.11 Å². The van der Waals surface area contributed by atoms with E-state index in [1.54, 1.807) is 7.11 Å². The molecule has 3 heteroatoms. The lowest BCUT2D eigenvalue weighted by Gasteiger charge is -2.26. The van der Waals surface area contributed by atoms with Crippen LogP contribution in [0.15, 0.2) is 0 Å². The predicted molar refractivity (Wildman–Crippen MR) is 50.3 cm³/mol. The molecule has 0 amide bonds. The van der Waals surface area contributed by atoms with Crippen LogP contribution in [0.5, 0.6) is 0 Å². The Labute approximate surface area is 75.1 Å². The standard InChI is InChI=1S/C9H21NO2/c1-5-9(2,3)10-6-8(11)7-12-4/h8,10-11H,5-7H2,1-4H3. The molecule has 0 aromatic rings. The summed E-state index contributed by atoms with van der Waals surface area (Å²) in [6.07, 6.45) is 0.646. The van der Waals surface area contributed by atoms with Gasteiger partial charge in [-0.05, 0) is 20.3 Å². The molecule has 0 aliphatic heterocycles. The van der Waals surface area contributed by atoms with E-state index in [-0.39, 0.29) is 5.54 Å². The van der Waals surface area contributed by atoms with Crippen molar-refractivity contribution in [2.75, 3.05) is 20.3 Å². The smallest absolute Gasteiger partial charge is 0.0897 e. The SMILES string of the molecule is CCC(C)(C)NCC(O)COC. The summed E-state index contributed by atoms with van der Waals surface area (Å²) in [6.45, 7) is 7.34. The highest BCUT2D eigenvalue weighted by Gasteiger charge is 2.15. The first-order valence-electron chi connectivity index (χ1n) is 4.44. The van der Waals surface area contributed by atoms with E-state index in [2.05, 4.69) is 26.1 Å². The fourth-order valence-electron chi connectivity index (χ4n) is 0.770. The third-order valence-electron chi connectivity index (χ3n) is 2.06. The van der Waals surface area contributed by atoms with Crippen LogP contribution in [0.4, 0.5) is 0 Å². The number of aliphatic hydroxyl groups excluding tert-OH is 1. The molecule has 0 spiro atoms. The van der Waals surface area contributed by atoms with Gasteiger partial charge in [-0.25, -0.2) is 0 Å². The van der Waals surface area contributed by atoms with E-state index in [1.165, 1.54) is 0 Å². The molecule has 0 fully saturated rings. The van der Waals surface area contributed by atoms with E-state index in [0.717, 1.165) is 6.42 Å². The van der Waals surface area contributed by atoms with Crippen LogP contribution in [-0.2, 0) is 4.74 Å². The molecule has 3 nitrogen and oxygen atoms in total. The Morgan fingerprint density at radius 1 is 1.50 bits per heavy atom. The molecule has 74 valence electrons. The highest BCUT2D eigenvalue weighted by Crippen LogP contribution is 2.06. The number of hydrogen-bond acceptors (Lipinski definition) is 3. The molecule has 0 aromatic heterocycles. The van der Waals surface area contributed by atoms with Gasteiger partial charge in [-0.15, -0.1) is 0 Å². The molecular weight excluding hydrogens is 154 g/mol. The van der Waals surface area contributed by atoms with Gasteiger partial charge in [0, 0.05) is 19.2 Å². The minimum atomic E-state index is -0.402. The fraction of sp³-hybridized carbons (Fsp3) is 1.00. The van der Waals surface area contributed by atoms with Crippen molar-refractivity contribution in [1.82, 2.24) is 5.32 Å². The van der Waals surface area contributed by atoms with Crippen molar-refractivity contribution in [2.45, 2.75) is 38.8 Å². The van der Waals surface area contributed by atoms with Crippen molar-refractivity contribution < 1.29 is 9.84 Å². The zero-order valence-electron chi connectivity index (χ0n) is 8.55. The normalized spacial score (nSPS) is 14.8. The van der Waals surface area contributed by atoms with Crippen LogP contribution < -0.4 is 5.32 Å². The van der Waals surface area contributed by atoms with Crippen molar-refractivity contribution in [1.29, 1.82) is 0 Å². The number of ether oxygens (including phenoxy) is 1. The van der Waals surface area contributed by atoms with Gasteiger partial charge in [0.25, 0.3) is 0 Å². The Kier molecular flexibility index (Phi) is 5.46. The summed E-state index contributed by atoms with van der Waals surface area (Å²) in [5, 5.41) is 12.6. The second kappa shape index (κ2) is 5.51. The van der Waals surface area contributed by atoms with Crippen LogP contribution in [0.3, 0.4) is 0 Å². The van der Waals surface area contributed by atoms with Gasteiger partial charge in [-0.3, -0.25) is 0 Å². The Bertz CT molecular complexity index is 115. The second-order valence-electron chi connectivity index (χ2n) is 3.73. The third-order valence-corrected chi connectivity index (χ3v) is 2.06. The monoisotopic (exact) mass is 175 g/mol. The largest absolute Gasteiger partial charge is 0.389 e. The van der Waals surface area contributed by atoms with Crippen LogP contribution in [0.25, 0.3) is 0 Å². The summed E-state index contributed by atoms with van der Waals surface area (Å²) in [5.41, 5.74) is 0.106. The van der Waals surface area contributed by atoms with Crippen LogP contribution in [0, 0.1) is 0 Å². The quantitative estimate of drug-likeness (QED) is 0.626. The maximum absolute atomic E-state index is 9.32. The van der Waals surface area contributed by atoms with Crippen molar-refractivity contribution >= 4 is 0 Å². The lowest BCUT2D eigenvalue weighted by Crippen LogP contribution is -2.43. The van der Waals surface area contributed by atoms with Crippen LogP contribution >= 0.6 is 0 Å². The number of methoxy groups -OCH3 is 1. The summed E-state index contributed by atoms with van der Waals surface area (Å²) in [7, 11) is 1.59. The highest BCUT2D eigenvalue weighted by atomic mass is 16.5. The predicted octanol–water partition coefficient (Wildman–Crippen LogP) is 0.772. The van der Waals surface area contributed by atoms with Gasteiger partial charge in [0.1, 0.15) is 0 Å². The summed E-state index contributed by atoms with van der Waals surface area (Å²) < 4.78 is 4.81. The molecule has 1 atom stereocenters. The first-order chi connectivity index (χ1) is 5.52. The number of hydrogen-bond donors (Lipinski definition) is 2. The zero-order valence-corrected chi connectivity index (χ0v) is 8.55.